The molecule has 0 fully saturated rings. The van der Waals surface area contributed by atoms with Crippen LogP contribution in [-0.2, 0) is 4.74 Å². The molecule has 0 aromatic heterocycles. The molecule has 0 bridgehead atoms. The molecule has 0 N–H and O–H groups in total. The minimum absolute atomic E-state index is 0.927. The highest BCUT2D eigenvalue weighted by molar-refractivity contribution is 5.08. The molecule has 44 valence electrons. The van der Waals surface area contributed by atoms with Crippen molar-refractivity contribution in [1.29, 1.82) is 0 Å². The average Bonchev–Trinajstić information content (AvgIpc) is 1.90. The van der Waals surface area contributed by atoms with Crippen molar-refractivity contribution >= 4 is 0 Å². The van der Waals surface area contributed by atoms with E-state index in [1.165, 1.54) is 6.42 Å². The van der Waals surface area contributed by atoms with Gasteiger partial charge in [0.1, 0.15) is 0 Å². The molecule has 0 aromatic carbocycles. The highest BCUT2D eigenvalue weighted by atomic mass is 16.5. The van der Waals surface area contributed by atoms with E-state index >= 15 is 0 Å². The standard InChI is InChI=1S/C7H10O/c1-8-7-5-3-2-4-6-7/h5H,2-4H2,1H3. The first-order valence-electron chi connectivity index (χ1n) is 2.91. The Morgan fingerprint density at radius 2 is 2.62 bits per heavy atom. The van der Waals surface area contributed by atoms with Gasteiger partial charge in [-0.15, -0.1) is 0 Å². The number of hydrogen-bond acceptors (Lipinski definition) is 1. The lowest BCUT2D eigenvalue weighted by Crippen LogP contribution is -1.93. The SMILES string of the molecule is COC1=CCCC[C]1. The zero-order valence-corrected chi connectivity index (χ0v) is 5.11. The van der Waals surface area contributed by atoms with Crippen LogP contribution < -0.4 is 0 Å². The molecule has 0 unspecified atom stereocenters. The third kappa shape index (κ3) is 1.25. The lowest BCUT2D eigenvalue weighted by molar-refractivity contribution is 0.290. The largest absolute Gasteiger partial charge is 0.501 e. The quantitative estimate of drug-likeness (QED) is 0.500. The van der Waals surface area contributed by atoms with Crippen LogP contribution in [0.4, 0.5) is 0 Å². The normalized spacial score (nSPS) is 19.9. The Balaban J connectivity index is 2.37. The number of allylic oxidation sites excluding steroid dienone is 2. The van der Waals surface area contributed by atoms with Gasteiger partial charge in [0.25, 0.3) is 0 Å². The second-order valence-corrected chi connectivity index (χ2v) is 1.84. The van der Waals surface area contributed by atoms with Crippen molar-refractivity contribution < 1.29 is 4.74 Å². The molecule has 8 heavy (non-hydrogen) atoms. The molecule has 0 saturated carbocycles. The molecular formula is C7H10O. The third-order valence-electron chi connectivity index (χ3n) is 1.23. The van der Waals surface area contributed by atoms with Crippen molar-refractivity contribution in [2.45, 2.75) is 19.3 Å². The van der Waals surface area contributed by atoms with Gasteiger partial charge in [-0.25, -0.2) is 0 Å². The fraction of sp³-hybridized carbons (Fsp3) is 0.571. The summed E-state index contributed by atoms with van der Waals surface area (Å²) < 4.78 is 4.94. The molecule has 1 aliphatic carbocycles. The Hall–Kier alpha value is -0.460. The van der Waals surface area contributed by atoms with E-state index in [2.05, 4.69) is 12.5 Å². The van der Waals surface area contributed by atoms with Gasteiger partial charge in [0.2, 0.25) is 0 Å². The fourth-order valence-electron chi connectivity index (χ4n) is 0.774. The first-order chi connectivity index (χ1) is 3.93. The Labute approximate surface area is 50.3 Å². The summed E-state index contributed by atoms with van der Waals surface area (Å²) in [7, 11) is 1.68. The van der Waals surface area contributed by atoms with E-state index in [-0.39, 0.29) is 0 Å². The van der Waals surface area contributed by atoms with Crippen molar-refractivity contribution in [2.75, 3.05) is 7.11 Å². The topological polar surface area (TPSA) is 9.23 Å². The predicted molar refractivity (Wildman–Crippen MR) is 32.2 cm³/mol. The van der Waals surface area contributed by atoms with E-state index in [1.807, 2.05) is 0 Å². The number of hydrogen-bond donors (Lipinski definition) is 0. The van der Waals surface area contributed by atoms with Crippen LogP contribution in [0.5, 0.6) is 0 Å². The second-order valence-electron chi connectivity index (χ2n) is 1.84. The molecule has 0 aromatic rings. The molecule has 0 saturated heterocycles. The molecular weight excluding hydrogens is 100 g/mol. The Morgan fingerprint density at radius 1 is 1.75 bits per heavy atom. The molecule has 0 amide bonds. The van der Waals surface area contributed by atoms with Crippen LogP contribution in [0, 0.1) is 6.42 Å². The molecule has 0 spiro atoms. The molecule has 1 heteroatoms. The van der Waals surface area contributed by atoms with E-state index in [4.69, 9.17) is 4.74 Å². The smallest absolute Gasteiger partial charge is 0.0998 e. The van der Waals surface area contributed by atoms with E-state index in [1.54, 1.807) is 7.11 Å². The van der Waals surface area contributed by atoms with Crippen molar-refractivity contribution in [1.82, 2.24) is 0 Å². The van der Waals surface area contributed by atoms with Crippen molar-refractivity contribution in [3.05, 3.63) is 18.3 Å². The van der Waals surface area contributed by atoms with Crippen LogP contribution in [0.25, 0.3) is 0 Å². The van der Waals surface area contributed by atoms with Gasteiger partial charge < -0.3 is 4.74 Å². The van der Waals surface area contributed by atoms with Gasteiger partial charge in [0.15, 0.2) is 0 Å². The molecule has 0 heterocycles. The van der Waals surface area contributed by atoms with Crippen molar-refractivity contribution in [3.63, 3.8) is 0 Å². The fourth-order valence-corrected chi connectivity index (χ4v) is 0.774. The third-order valence-corrected chi connectivity index (χ3v) is 1.23. The van der Waals surface area contributed by atoms with E-state index in [0.29, 0.717) is 0 Å². The van der Waals surface area contributed by atoms with Gasteiger partial charge in [0, 0.05) is 0 Å². The van der Waals surface area contributed by atoms with Crippen LogP contribution in [0.15, 0.2) is 11.8 Å². The maximum Gasteiger partial charge on any atom is 0.0998 e. The predicted octanol–water partition coefficient (Wildman–Crippen LogP) is 1.78. The maximum absolute atomic E-state index is 4.94. The number of methoxy groups -OCH3 is 1. The average molecular weight is 110 g/mol. The summed E-state index contributed by atoms with van der Waals surface area (Å²) in [5.41, 5.74) is 0. The van der Waals surface area contributed by atoms with Crippen LogP contribution in [0.3, 0.4) is 0 Å². The molecule has 0 aliphatic heterocycles. The summed E-state index contributed by atoms with van der Waals surface area (Å²) in [5, 5.41) is 0. The van der Waals surface area contributed by atoms with Gasteiger partial charge in [-0.1, -0.05) is 0 Å². The van der Waals surface area contributed by atoms with Crippen molar-refractivity contribution in [2.24, 2.45) is 0 Å². The van der Waals surface area contributed by atoms with Gasteiger partial charge in [-0.3, -0.25) is 0 Å². The zero-order chi connectivity index (χ0) is 5.82. The van der Waals surface area contributed by atoms with E-state index in [0.717, 1.165) is 18.6 Å². The first kappa shape index (κ1) is 5.67. The van der Waals surface area contributed by atoms with Gasteiger partial charge >= 0.3 is 0 Å². The molecule has 2 radical (unpaired) electrons. The van der Waals surface area contributed by atoms with E-state index < -0.39 is 0 Å². The van der Waals surface area contributed by atoms with Crippen LogP contribution in [-0.4, -0.2) is 7.11 Å². The maximum atomic E-state index is 4.94. The summed E-state index contributed by atoms with van der Waals surface area (Å²) in [6.45, 7) is 0. The summed E-state index contributed by atoms with van der Waals surface area (Å²) in [4.78, 5) is 0. The monoisotopic (exact) mass is 110 g/mol. The van der Waals surface area contributed by atoms with Gasteiger partial charge in [-0.2, -0.15) is 0 Å². The van der Waals surface area contributed by atoms with Crippen LogP contribution in [0.2, 0.25) is 0 Å². The Kier molecular flexibility index (Phi) is 1.95. The lowest BCUT2D eigenvalue weighted by atomic mass is 10.1. The molecule has 0 atom stereocenters. The number of rotatable bonds is 1. The second kappa shape index (κ2) is 2.75. The van der Waals surface area contributed by atoms with Gasteiger partial charge in [0.05, 0.1) is 19.3 Å². The van der Waals surface area contributed by atoms with E-state index in [9.17, 15) is 0 Å². The summed E-state index contributed by atoms with van der Waals surface area (Å²) in [6.07, 6.45) is 8.61. The summed E-state index contributed by atoms with van der Waals surface area (Å²) >= 11 is 0. The zero-order valence-electron chi connectivity index (χ0n) is 5.11. The summed E-state index contributed by atoms with van der Waals surface area (Å²) in [5.74, 6) is 0.927. The summed E-state index contributed by atoms with van der Waals surface area (Å²) in [6, 6.07) is 0. The van der Waals surface area contributed by atoms with Crippen LogP contribution >= 0.6 is 0 Å². The Morgan fingerprint density at radius 3 is 3.00 bits per heavy atom. The van der Waals surface area contributed by atoms with Crippen LogP contribution in [0.1, 0.15) is 19.3 Å². The highest BCUT2D eigenvalue weighted by Gasteiger charge is 2.01. The minimum atomic E-state index is 0.927. The lowest BCUT2D eigenvalue weighted by Gasteiger charge is -2.08. The van der Waals surface area contributed by atoms with Crippen molar-refractivity contribution in [3.8, 4) is 0 Å². The first-order valence-corrected chi connectivity index (χ1v) is 2.91. The molecule has 1 rings (SSSR count). The molecule has 1 nitrogen and oxygen atoms in total. The molecule has 1 aliphatic rings. The van der Waals surface area contributed by atoms with Gasteiger partial charge in [-0.05, 0) is 25.3 Å². The minimum Gasteiger partial charge on any atom is -0.501 e. The Bertz CT molecular complexity index is 94.6. The highest BCUT2D eigenvalue weighted by Crippen LogP contribution is 2.15. The number of ether oxygens (including phenoxy) is 1.